The van der Waals surface area contributed by atoms with E-state index in [1.54, 1.807) is 7.11 Å². The number of benzene rings is 2. The molecule has 0 saturated carbocycles. The Morgan fingerprint density at radius 3 is 2.46 bits per heavy atom. The number of hydrogen-bond donors (Lipinski definition) is 0. The van der Waals surface area contributed by atoms with Crippen molar-refractivity contribution in [1.82, 2.24) is 0 Å². The summed E-state index contributed by atoms with van der Waals surface area (Å²) in [6, 6.07) is 14.8. The molecular weight excluding hydrogens is 296 g/mol. The Morgan fingerprint density at radius 1 is 1.12 bits per heavy atom. The van der Waals surface area contributed by atoms with Gasteiger partial charge in [-0.05, 0) is 55.7 Å². The highest BCUT2D eigenvalue weighted by Gasteiger charge is 2.27. The quantitative estimate of drug-likeness (QED) is 0.695. The Morgan fingerprint density at radius 2 is 1.83 bits per heavy atom. The summed E-state index contributed by atoms with van der Waals surface area (Å²) < 4.78 is 11.6. The number of rotatable bonds is 4. The lowest BCUT2D eigenvalue weighted by atomic mass is 9.88. The summed E-state index contributed by atoms with van der Waals surface area (Å²) in [5, 5.41) is 0. The van der Waals surface area contributed by atoms with Crippen LogP contribution in [-0.4, -0.2) is 12.7 Å². The highest BCUT2D eigenvalue weighted by Crippen LogP contribution is 2.40. The van der Waals surface area contributed by atoms with Crippen LogP contribution in [0.3, 0.4) is 0 Å². The molecular formula is C22H24O2. The van der Waals surface area contributed by atoms with Crippen molar-refractivity contribution < 1.29 is 9.47 Å². The smallest absolute Gasteiger partial charge is 0.128 e. The SMILES string of the molecule is C=CC(OC)c1ccc2c(c1)C(c1ccc(C)cc1)=CC(C)(C)O2. The maximum atomic E-state index is 6.15. The minimum absolute atomic E-state index is 0.121. The fourth-order valence-corrected chi connectivity index (χ4v) is 3.10. The van der Waals surface area contributed by atoms with Gasteiger partial charge in [0.15, 0.2) is 0 Å². The predicted molar refractivity (Wildman–Crippen MR) is 99.4 cm³/mol. The largest absolute Gasteiger partial charge is 0.483 e. The van der Waals surface area contributed by atoms with Crippen molar-refractivity contribution in [3.05, 3.63) is 83.4 Å². The van der Waals surface area contributed by atoms with Crippen LogP contribution in [0.1, 0.15) is 42.2 Å². The van der Waals surface area contributed by atoms with E-state index < -0.39 is 0 Å². The first-order valence-corrected chi connectivity index (χ1v) is 8.22. The summed E-state index contributed by atoms with van der Waals surface area (Å²) in [7, 11) is 1.70. The summed E-state index contributed by atoms with van der Waals surface area (Å²) in [6.07, 6.45) is 3.88. The topological polar surface area (TPSA) is 18.5 Å². The zero-order valence-electron chi connectivity index (χ0n) is 14.8. The van der Waals surface area contributed by atoms with Gasteiger partial charge in [0.2, 0.25) is 0 Å². The molecule has 0 N–H and O–H groups in total. The van der Waals surface area contributed by atoms with Gasteiger partial charge in [-0.3, -0.25) is 0 Å². The molecule has 0 amide bonds. The molecule has 3 rings (SSSR count). The Bertz CT molecular complexity index is 782. The highest BCUT2D eigenvalue weighted by atomic mass is 16.5. The fraction of sp³-hybridized carbons (Fsp3) is 0.273. The molecule has 0 fully saturated rings. The molecule has 1 heterocycles. The van der Waals surface area contributed by atoms with Crippen LogP contribution in [0.2, 0.25) is 0 Å². The van der Waals surface area contributed by atoms with E-state index >= 15 is 0 Å². The van der Waals surface area contributed by atoms with Gasteiger partial charge < -0.3 is 9.47 Å². The van der Waals surface area contributed by atoms with E-state index in [2.05, 4.69) is 63.8 Å². The second kappa shape index (κ2) is 6.29. The molecule has 0 aromatic heterocycles. The first-order chi connectivity index (χ1) is 11.4. The van der Waals surface area contributed by atoms with Crippen LogP contribution in [0.4, 0.5) is 0 Å². The summed E-state index contributed by atoms with van der Waals surface area (Å²) in [5.74, 6) is 0.903. The van der Waals surface area contributed by atoms with E-state index in [0.717, 1.165) is 16.9 Å². The minimum atomic E-state index is -0.339. The lowest BCUT2D eigenvalue weighted by Gasteiger charge is -2.32. The summed E-state index contributed by atoms with van der Waals surface area (Å²) >= 11 is 0. The third kappa shape index (κ3) is 3.15. The van der Waals surface area contributed by atoms with Gasteiger partial charge in [0.25, 0.3) is 0 Å². The van der Waals surface area contributed by atoms with Crippen LogP contribution in [0, 0.1) is 6.92 Å². The van der Waals surface area contributed by atoms with Gasteiger partial charge in [0.1, 0.15) is 17.5 Å². The molecule has 1 aliphatic heterocycles. The number of hydrogen-bond acceptors (Lipinski definition) is 2. The van der Waals surface area contributed by atoms with Crippen molar-refractivity contribution in [2.24, 2.45) is 0 Å². The molecule has 0 bridgehead atoms. The molecule has 0 spiro atoms. The molecule has 124 valence electrons. The highest BCUT2D eigenvalue weighted by molar-refractivity contribution is 5.85. The van der Waals surface area contributed by atoms with E-state index in [1.165, 1.54) is 16.7 Å². The zero-order chi connectivity index (χ0) is 17.3. The van der Waals surface area contributed by atoms with E-state index in [-0.39, 0.29) is 11.7 Å². The lowest BCUT2D eigenvalue weighted by Crippen LogP contribution is -2.29. The van der Waals surface area contributed by atoms with Crippen LogP contribution in [-0.2, 0) is 4.74 Å². The van der Waals surface area contributed by atoms with Gasteiger partial charge in [-0.25, -0.2) is 0 Å². The van der Waals surface area contributed by atoms with Crippen molar-refractivity contribution in [3.8, 4) is 5.75 Å². The number of fused-ring (bicyclic) bond motifs is 1. The van der Waals surface area contributed by atoms with Crippen molar-refractivity contribution in [2.75, 3.05) is 7.11 Å². The molecule has 2 heteroatoms. The summed E-state index contributed by atoms with van der Waals surface area (Å²) in [4.78, 5) is 0. The molecule has 2 nitrogen and oxygen atoms in total. The number of methoxy groups -OCH3 is 1. The minimum Gasteiger partial charge on any atom is -0.483 e. The third-order valence-corrected chi connectivity index (χ3v) is 4.32. The van der Waals surface area contributed by atoms with Crippen LogP contribution in [0.15, 0.2) is 61.2 Å². The Labute approximate surface area is 144 Å². The van der Waals surface area contributed by atoms with E-state index in [1.807, 2.05) is 18.2 Å². The first-order valence-electron chi connectivity index (χ1n) is 8.22. The van der Waals surface area contributed by atoms with Gasteiger partial charge in [0.05, 0.1) is 0 Å². The summed E-state index contributed by atoms with van der Waals surface area (Å²) in [6.45, 7) is 10.1. The molecule has 24 heavy (non-hydrogen) atoms. The third-order valence-electron chi connectivity index (χ3n) is 4.32. The van der Waals surface area contributed by atoms with Crippen LogP contribution < -0.4 is 4.74 Å². The predicted octanol–water partition coefficient (Wildman–Crippen LogP) is 5.47. The van der Waals surface area contributed by atoms with Gasteiger partial charge in [0, 0.05) is 12.7 Å². The van der Waals surface area contributed by atoms with Gasteiger partial charge in [-0.2, -0.15) is 0 Å². The fourth-order valence-electron chi connectivity index (χ4n) is 3.10. The normalized spacial score (nSPS) is 16.6. The standard InChI is InChI=1S/C22H24O2/c1-6-20(23-5)17-11-12-21-18(13-17)19(14-22(3,4)24-21)16-9-7-15(2)8-10-16/h6-14,20H,1H2,2-5H3. The number of aryl methyl sites for hydroxylation is 1. The molecule has 0 saturated heterocycles. The zero-order valence-corrected chi connectivity index (χ0v) is 14.8. The van der Waals surface area contributed by atoms with Crippen molar-refractivity contribution in [1.29, 1.82) is 0 Å². The maximum absolute atomic E-state index is 6.15. The van der Waals surface area contributed by atoms with E-state index in [4.69, 9.17) is 9.47 Å². The van der Waals surface area contributed by atoms with Crippen molar-refractivity contribution in [2.45, 2.75) is 32.5 Å². The molecule has 2 aromatic rings. The average Bonchev–Trinajstić information content (AvgIpc) is 2.55. The van der Waals surface area contributed by atoms with Gasteiger partial charge >= 0.3 is 0 Å². The van der Waals surface area contributed by atoms with E-state index in [9.17, 15) is 0 Å². The average molecular weight is 320 g/mol. The Balaban J connectivity index is 2.15. The number of ether oxygens (including phenoxy) is 2. The molecule has 2 aromatic carbocycles. The lowest BCUT2D eigenvalue weighted by molar-refractivity contribution is 0.142. The van der Waals surface area contributed by atoms with Crippen molar-refractivity contribution >= 4 is 5.57 Å². The molecule has 1 unspecified atom stereocenters. The van der Waals surface area contributed by atoms with Crippen LogP contribution in [0.5, 0.6) is 5.75 Å². The molecule has 1 aliphatic rings. The second-order valence-electron chi connectivity index (χ2n) is 6.78. The van der Waals surface area contributed by atoms with Crippen LogP contribution >= 0.6 is 0 Å². The Kier molecular flexibility index (Phi) is 4.33. The van der Waals surface area contributed by atoms with E-state index in [0.29, 0.717) is 0 Å². The van der Waals surface area contributed by atoms with Crippen LogP contribution in [0.25, 0.3) is 5.57 Å². The second-order valence-corrected chi connectivity index (χ2v) is 6.78. The Hall–Kier alpha value is -2.32. The monoisotopic (exact) mass is 320 g/mol. The molecule has 0 aliphatic carbocycles. The van der Waals surface area contributed by atoms with Gasteiger partial charge in [-0.1, -0.05) is 42.0 Å². The maximum Gasteiger partial charge on any atom is 0.128 e. The molecule has 1 atom stereocenters. The summed E-state index contributed by atoms with van der Waals surface area (Å²) in [5.41, 5.74) is 5.48. The van der Waals surface area contributed by atoms with Gasteiger partial charge in [-0.15, -0.1) is 6.58 Å². The first kappa shape index (κ1) is 16.5. The molecule has 0 radical (unpaired) electrons. The van der Waals surface area contributed by atoms with Crippen molar-refractivity contribution in [3.63, 3.8) is 0 Å².